The molecule has 1 saturated heterocycles. The Labute approximate surface area is 126 Å². The minimum atomic E-state index is -1.31. The normalized spacial score (nSPS) is 32.2. The Morgan fingerprint density at radius 1 is 1.14 bits per heavy atom. The van der Waals surface area contributed by atoms with Gasteiger partial charge >= 0.3 is 6.09 Å². The van der Waals surface area contributed by atoms with E-state index < -0.39 is 8.07 Å². The topological polar surface area (TPSA) is 29.5 Å². The van der Waals surface area contributed by atoms with Crippen LogP contribution in [0.5, 0.6) is 0 Å². The summed E-state index contributed by atoms with van der Waals surface area (Å²) in [6.45, 7) is 7.19. The molecule has 2 bridgehead atoms. The minimum Gasteiger partial charge on any atom is -0.453 e. The van der Waals surface area contributed by atoms with Crippen LogP contribution in [0, 0.1) is 11.8 Å². The highest BCUT2D eigenvalue weighted by Crippen LogP contribution is 2.66. The maximum absolute atomic E-state index is 12.3. The molecule has 4 rings (SSSR count). The van der Waals surface area contributed by atoms with Crippen molar-refractivity contribution in [3.63, 3.8) is 0 Å². The predicted molar refractivity (Wildman–Crippen MR) is 84.6 cm³/mol. The second kappa shape index (κ2) is 4.00. The first-order valence-electron chi connectivity index (χ1n) is 7.62. The van der Waals surface area contributed by atoms with Crippen LogP contribution in [-0.4, -0.2) is 26.2 Å². The fourth-order valence-corrected chi connectivity index (χ4v) is 6.59. The summed E-state index contributed by atoms with van der Waals surface area (Å²) in [4.78, 5) is 14.3. The van der Waals surface area contributed by atoms with Gasteiger partial charge < -0.3 is 4.74 Å². The molecule has 1 fully saturated rings. The Hall–Kier alpha value is -1.55. The Kier molecular flexibility index (Phi) is 2.50. The van der Waals surface area contributed by atoms with Gasteiger partial charge in [0.15, 0.2) is 0 Å². The molecule has 1 aromatic rings. The minimum absolute atomic E-state index is 0.182. The zero-order chi connectivity index (χ0) is 14.9. The molecule has 3 nitrogen and oxygen atoms in total. The van der Waals surface area contributed by atoms with Crippen LogP contribution in [0.3, 0.4) is 0 Å². The molecular weight excluding hydrogens is 278 g/mol. The molecule has 0 radical (unpaired) electrons. The Bertz CT molecular complexity index is 661. The van der Waals surface area contributed by atoms with Gasteiger partial charge in [0.1, 0.15) is 0 Å². The lowest BCUT2D eigenvalue weighted by Crippen LogP contribution is -2.41. The third-order valence-electron chi connectivity index (χ3n) is 5.33. The smallest absolute Gasteiger partial charge is 0.410 e. The van der Waals surface area contributed by atoms with E-state index >= 15 is 0 Å². The lowest BCUT2D eigenvalue weighted by molar-refractivity contribution is 0.107. The molecular formula is C17H21NO2Si. The van der Waals surface area contributed by atoms with E-state index in [1.807, 2.05) is 4.90 Å². The summed E-state index contributed by atoms with van der Waals surface area (Å²) >= 11 is 0. The van der Waals surface area contributed by atoms with Gasteiger partial charge in [0.2, 0.25) is 0 Å². The molecule has 4 atom stereocenters. The first-order valence-corrected chi connectivity index (χ1v) is 11.1. The number of nitrogens with zero attached hydrogens (tertiary/aromatic N) is 1. The van der Waals surface area contributed by atoms with E-state index in [0.29, 0.717) is 11.8 Å². The van der Waals surface area contributed by atoms with Gasteiger partial charge in [-0.05, 0) is 11.1 Å². The van der Waals surface area contributed by atoms with Crippen molar-refractivity contribution in [2.45, 2.75) is 31.7 Å². The molecule has 0 spiro atoms. The average Bonchev–Trinajstić information content (AvgIpc) is 2.83. The molecule has 2 aliphatic heterocycles. The van der Waals surface area contributed by atoms with E-state index in [0.717, 1.165) is 0 Å². The fourth-order valence-electron chi connectivity index (χ4n) is 4.54. The summed E-state index contributed by atoms with van der Waals surface area (Å²) in [5.41, 5.74) is 2.65. The largest absolute Gasteiger partial charge is 0.453 e. The molecule has 0 saturated carbocycles. The van der Waals surface area contributed by atoms with Gasteiger partial charge in [0, 0.05) is 11.8 Å². The van der Waals surface area contributed by atoms with E-state index in [2.05, 4.69) is 50.0 Å². The zero-order valence-corrected chi connectivity index (χ0v) is 14.0. The van der Waals surface area contributed by atoms with Crippen molar-refractivity contribution >= 4 is 14.2 Å². The number of hydrogen-bond donors (Lipinski definition) is 0. The Morgan fingerprint density at radius 3 is 2.33 bits per heavy atom. The van der Waals surface area contributed by atoms with Gasteiger partial charge in [0.25, 0.3) is 0 Å². The highest BCUT2D eigenvalue weighted by Gasteiger charge is 2.63. The number of methoxy groups -OCH3 is 1. The van der Waals surface area contributed by atoms with Gasteiger partial charge in [-0.2, -0.15) is 0 Å². The number of amides is 1. The number of carbonyl (C=O) groups excluding carboxylic acids is 1. The lowest BCUT2D eigenvalue weighted by Gasteiger charge is -2.43. The van der Waals surface area contributed by atoms with Crippen molar-refractivity contribution in [1.82, 2.24) is 4.90 Å². The molecule has 21 heavy (non-hydrogen) atoms. The highest BCUT2D eigenvalue weighted by atomic mass is 28.3. The van der Waals surface area contributed by atoms with Gasteiger partial charge in [-0.1, -0.05) is 55.2 Å². The molecule has 1 aromatic carbocycles. The molecule has 0 aromatic heterocycles. The van der Waals surface area contributed by atoms with Crippen LogP contribution in [0.2, 0.25) is 19.6 Å². The summed E-state index contributed by atoms with van der Waals surface area (Å²) in [6.07, 6.45) is 2.27. The average molecular weight is 299 g/mol. The van der Waals surface area contributed by atoms with E-state index in [1.54, 1.807) is 5.20 Å². The standard InChI is InChI=1S/C17H21NO2Si/c1-20-17(19)18-15-10-7-5-6-8-11(10)16(18)14-12(15)9-13(14)21(2,3)4/h5-9,12,14-16H,1-4H3/t12-,14-,15+,16-/m1/s1. The molecule has 1 amide bonds. The van der Waals surface area contributed by atoms with E-state index in [9.17, 15) is 4.79 Å². The monoisotopic (exact) mass is 299 g/mol. The summed E-state index contributed by atoms with van der Waals surface area (Å²) in [7, 11) is 0.175. The SMILES string of the molecule is COC(=O)N1[C@@H]2c3ccccc3[C@H]1[C@@H]1C=C([Si](C)(C)C)[C@@H]12. The molecule has 0 N–H and O–H groups in total. The van der Waals surface area contributed by atoms with Crippen LogP contribution in [0.15, 0.2) is 35.5 Å². The Balaban J connectivity index is 1.82. The van der Waals surface area contributed by atoms with Gasteiger partial charge in [-0.25, -0.2) is 4.79 Å². The summed E-state index contributed by atoms with van der Waals surface area (Å²) in [6, 6.07) is 8.89. The van der Waals surface area contributed by atoms with Gasteiger partial charge in [-0.3, -0.25) is 4.90 Å². The highest BCUT2D eigenvalue weighted by molar-refractivity contribution is 6.83. The van der Waals surface area contributed by atoms with Crippen LogP contribution < -0.4 is 0 Å². The number of benzene rings is 1. The molecule has 1 aliphatic carbocycles. The van der Waals surface area contributed by atoms with Crippen LogP contribution in [0.1, 0.15) is 23.2 Å². The molecule has 3 aliphatic rings. The zero-order valence-electron chi connectivity index (χ0n) is 13.0. The number of ether oxygens (including phenoxy) is 1. The third-order valence-corrected chi connectivity index (χ3v) is 7.57. The number of hydrogen-bond acceptors (Lipinski definition) is 2. The second-order valence-electron chi connectivity index (χ2n) is 7.37. The van der Waals surface area contributed by atoms with Crippen LogP contribution in [-0.2, 0) is 4.74 Å². The van der Waals surface area contributed by atoms with E-state index in [1.165, 1.54) is 18.2 Å². The number of rotatable bonds is 1. The van der Waals surface area contributed by atoms with Crippen molar-refractivity contribution in [3.05, 3.63) is 46.7 Å². The first-order chi connectivity index (χ1) is 9.95. The lowest BCUT2D eigenvalue weighted by atomic mass is 9.69. The van der Waals surface area contributed by atoms with Crippen molar-refractivity contribution in [3.8, 4) is 0 Å². The van der Waals surface area contributed by atoms with Gasteiger partial charge in [0.05, 0.1) is 27.3 Å². The van der Waals surface area contributed by atoms with Crippen LogP contribution in [0.4, 0.5) is 4.79 Å². The number of fused-ring (bicyclic) bond motifs is 8. The van der Waals surface area contributed by atoms with E-state index in [-0.39, 0.29) is 18.2 Å². The molecule has 4 heteroatoms. The van der Waals surface area contributed by atoms with Crippen molar-refractivity contribution in [2.24, 2.45) is 11.8 Å². The number of carbonyl (C=O) groups is 1. The predicted octanol–water partition coefficient (Wildman–Crippen LogP) is 3.91. The van der Waals surface area contributed by atoms with Crippen molar-refractivity contribution < 1.29 is 9.53 Å². The summed E-state index contributed by atoms with van der Waals surface area (Å²) in [5, 5.41) is 1.63. The van der Waals surface area contributed by atoms with Gasteiger partial charge in [-0.15, -0.1) is 0 Å². The van der Waals surface area contributed by atoms with Crippen molar-refractivity contribution in [2.75, 3.05) is 7.11 Å². The second-order valence-corrected chi connectivity index (χ2v) is 12.4. The summed E-state index contributed by atoms with van der Waals surface area (Å²) in [5.74, 6) is 1.02. The first kappa shape index (κ1) is 13.1. The maximum Gasteiger partial charge on any atom is 0.410 e. The maximum atomic E-state index is 12.3. The summed E-state index contributed by atoms with van der Waals surface area (Å²) < 4.78 is 5.07. The van der Waals surface area contributed by atoms with E-state index in [4.69, 9.17) is 4.74 Å². The van der Waals surface area contributed by atoms with Crippen LogP contribution in [0.25, 0.3) is 0 Å². The fraction of sp³-hybridized carbons (Fsp3) is 0.471. The molecule has 2 heterocycles. The molecule has 110 valence electrons. The Morgan fingerprint density at radius 2 is 1.76 bits per heavy atom. The van der Waals surface area contributed by atoms with Crippen LogP contribution >= 0.6 is 0 Å². The quantitative estimate of drug-likeness (QED) is 0.736. The third kappa shape index (κ3) is 1.51. The molecule has 0 unspecified atom stereocenters. The van der Waals surface area contributed by atoms with Crippen molar-refractivity contribution in [1.29, 1.82) is 0 Å².